The van der Waals surface area contributed by atoms with Gasteiger partial charge in [0.05, 0.1) is 13.2 Å². The van der Waals surface area contributed by atoms with Gasteiger partial charge in [-0.05, 0) is 51.0 Å². The van der Waals surface area contributed by atoms with Gasteiger partial charge < -0.3 is 20.1 Å². The van der Waals surface area contributed by atoms with Gasteiger partial charge in [-0.3, -0.25) is 0 Å². The van der Waals surface area contributed by atoms with Crippen molar-refractivity contribution >= 4 is 0 Å². The van der Waals surface area contributed by atoms with E-state index in [0.717, 1.165) is 30.0 Å². The van der Waals surface area contributed by atoms with Gasteiger partial charge in [-0.15, -0.1) is 0 Å². The van der Waals surface area contributed by atoms with E-state index in [1.165, 1.54) is 19.5 Å². The van der Waals surface area contributed by atoms with Crippen LogP contribution in [-0.4, -0.2) is 49.8 Å². The fourth-order valence-electron chi connectivity index (χ4n) is 3.02. The molecule has 0 amide bonds. The third-order valence-electron chi connectivity index (χ3n) is 4.33. The van der Waals surface area contributed by atoms with Crippen LogP contribution in [-0.2, 0) is 0 Å². The van der Waals surface area contributed by atoms with Gasteiger partial charge in [-0.25, -0.2) is 0 Å². The standard InChI is InChI=1S/C17H28N2O2/c1-4-19-8-7-14(12-19)10-18-11-16(20)15-9-13(2)5-6-17(15)21-3/h5-6,9,14,16,18,20H,4,7-8,10-12H2,1-3H3. The quantitative estimate of drug-likeness (QED) is 0.806. The highest BCUT2D eigenvalue weighted by Crippen LogP contribution is 2.26. The molecule has 2 atom stereocenters. The lowest BCUT2D eigenvalue weighted by molar-refractivity contribution is 0.168. The molecule has 118 valence electrons. The number of aryl methyl sites for hydroxylation is 1. The molecule has 2 N–H and O–H groups in total. The molecule has 1 heterocycles. The molecule has 4 heteroatoms. The average molecular weight is 292 g/mol. The van der Waals surface area contributed by atoms with Crippen LogP contribution >= 0.6 is 0 Å². The third kappa shape index (κ3) is 4.43. The number of nitrogens with one attached hydrogen (secondary N) is 1. The molecule has 21 heavy (non-hydrogen) atoms. The number of likely N-dealkylation sites (tertiary alicyclic amines) is 1. The van der Waals surface area contributed by atoms with Crippen molar-refractivity contribution in [2.45, 2.75) is 26.4 Å². The molecule has 0 saturated carbocycles. The minimum atomic E-state index is -0.525. The summed E-state index contributed by atoms with van der Waals surface area (Å²) in [5.41, 5.74) is 2.01. The molecule has 0 radical (unpaired) electrons. The van der Waals surface area contributed by atoms with Crippen molar-refractivity contribution in [2.75, 3.05) is 39.8 Å². The van der Waals surface area contributed by atoms with Gasteiger partial charge in [0.25, 0.3) is 0 Å². The Morgan fingerprint density at radius 3 is 2.95 bits per heavy atom. The zero-order valence-electron chi connectivity index (χ0n) is 13.4. The topological polar surface area (TPSA) is 44.7 Å². The minimum Gasteiger partial charge on any atom is -0.496 e. The Balaban J connectivity index is 1.82. The van der Waals surface area contributed by atoms with Crippen molar-refractivity contribution in [2.24, 2.45) is 5.92 Å². The van der Waals surface area contributed by atoms with Gasteiger partial charge in [0.2, 0.25) is 0 Å². The third-order valence-corrected chi connectivity index (χ3v) is 4.33. The summed E-state index contributed by atoms with van der Waals surface area (Å²) in [5, 5.41) is 13.8. The molecule has 1 aliphatic heterocycles. The first kappa shape index (κ1) is 16.3. The van der Waals surface area contributed by atoms with Crippen LogP contribution in [0.1, 0.15) is 30.6 Å². The molecule has 1 fully saturated rings. The lowest BCUT2D eigenvalue weighted by Gasteiger charge is -2.18. The first-order valence-corrected chi connectivity index (χ1v) is 7.89. The van der Waals surface area contributed by atoms with Crippen LogP contribution in [0.2, 0.25) is 0 Å². The zero-order valence-corrected chi connectivity index (χ0v) is 13.4. The monoisotopic (exact) mass is 292 g/mol. The second-order valence-corrected chi connectivity index (χ2v) is 5.97. The molecule has 1 aromatic carbocycles. The lowest BCUT2D eigenvalue weighted by Crippen LogP contribution is -2.29. The van der Waals surface area contributed by atoms with Crippen molar-refractivity contribution in [1.29, 1.82) is 0 Å². The summed E-state index contributed by atoms with van der Waals surface area (Å²) in [5.74, 6) is 1.46. The largest absolute Gasteiger partial charge is 0.496 e. The molecule has 2 unspecified atom stereocenters. The zero-order chi connectivity index (χ0) is 15.2. The molecule has 1 aliphatic rings. The lowest BCUT2D eigenvalue weighted by atomic mass is 10.0. The van der Waals surface area contributed by atoms with E-state index in [2.05, 4.69) is 17.1 Å². The Kier molecular flexibility index (Phi) is 6.03. The molecular weight excluding hydrogens is 264 g/mol. The number of hydrogen-bond acceptors (Lipinski definition) is 4. The van der Waals surface area contributed by atoms with Crippen LogP contribution in [0.5, 0.6) is 5.75 Å². The van der Waals surface area contributed by atoms with Gasteiger partial charge in [-0.2, -0.15) is 0 Å². The minimum absolute atomic E-state index is 0.525. The molecule has 0 aromatic heterocycles. The molecule has 0 bridgehead atoms. The summed E-state index contributed by atoms with van der Waals surface area (Å²) in [4.78, 5) is 2.48. The molecule has 0 aliphatic carbocycles. The van der Waals surface area contributed by atoms with Crippen LogP contribution in [0.25, 0.3) is 0 Å². The van der Waals surface area contributed by atoms with Crippen LogP contribution < -0.4 is 10.1 Å². The second kappa shape index (κ2) is 7.78. The van der Waals surface area contributed by atoms with Crippen LogP contribution in [0.4, 0.5) is 0 Å². The predicted molar refractivity (Wildman–Crippen MR) is 85.8 cm³/mol. The molecule has 4 nitrogen and oxygen atoms in total. The van der Waals surface area contributed by atoms with Crippen molar-refractivity contribution in [3.8, 4) is 5.75 Å². The Morgan fingerprint density at radius 2 is 2.29 bits per heavy atom. The van der Waals surface area contributed by atoms with E-state index in [1.807, 2.05) is 25.1 Å². The van der Waals surface area contributed by atoms with Crippen molar-refractivity contribution in [3.63, 3.8) is 0 Å². The van der Waals surface area contributed by atoms with E-state index >= 15 is 0 Å². The maximum absolute atomic E-state index is 10.4. The molecule has 1 saturated heterocycles. The summed E-state index contributed by atoms with van der Waals surface area (Å²) in [6.07, 6.45) is 0.730. The second-order valence-electron chi connectivity index (χ2n) is 5.97. The molecule has 1 aromatic rings. The number of hydrogen-bond donors (Lipinski definition) is 2. The average Bonchev–Trinajstić information content (AvgIpc) is 2.95. The number of ether oxygens (including phenoxy) is 1. The maximum Gasteiger partial charge on any atom is 0.124 e. The molecule has 2 rings (SSSR count). The molecular formula is C17H28N2O2. The number of aliphatic hydroxyl groups excluding tert-OH is 1. The fraction of sp³-hybridized carbons (Fsp3) is 0.647. The number of aliphatic hydroxyl groups is 1. The number of methoxy groups -OCH3 is 1. The Morgan fingerprint density at radius 1 is 1.48 bits per heavy atom. The summed E-state index contributed by atoms with van der Waals surface area (Å²) < 4.78 is 5.34. The summed E-state index contributed by atoms with van der Waals surface area (Å²) >= 11 is 0. The van der Waals surface area contributed by atoms with Gasteiger partial charge >= 0.3 is 0 Å². The number of benzene rings is 1. The van der Waals surface area contributed by atoms with Gasteiger partial charge in [0.15, 0.2) is 0 Å². The maximum atomic E-state index is 10.4. The van der Waals surface area contributed by atoms with E-state index < -0.39 is 6.10 Å². The van der Waals surface area contributed by atoms with Crippen LogP contribution in [0.15, 0.2) is 18.2 Å². The first-order valence-electron chi connectivity index (χ1n) is 7.89. The number of nitrogens with zero attached hydrogens (tertiary/aromatic N) is 1. The molecule has 0 spiro atoms. The van der Waals surface area contributed by atoms with Crippen molar-refractivity contribution in [1.82, 2.24) is 10.2 Å². The Hall–Kier alpha value is -1.10. The van der Waals surface area contributed by atoms with E-state index in [1.54, 1.807) is 7.11 Å². The fourth-order valence-corrected chi connectivity index (χ4v) is 3.02. The van der Waals surface area contributed by atoms with Gasteiger partial charge in [0, 0.05) is 18.7 Å². The van der Waals surface area contributed by atoms with E-state index in [-0.39, 0.29) is 0 Å². The summed E-state index contributed by atoms with van der Waals surface area (Å²) in [6.45, 7) is 9.30. The highest BCUT2D eigenvalue weighted by Gasteiger charge is 2.21. The highest BCUT2D eigenvalue weighted by atomic mass is 16.5. The SMILES string of the molecule is CCN1CCC(CNCC(O)c2cc(C)ccc2OC)C1. The first-order chi connectivity index (χ1) is 10.1. The summed E-state index contributed by atoms with van der Waals surface area (Å²) in [7, 11) is 1.65. The van der Waals surface area contributed by atoms with E-state index in [4.69, 9.17) is 4.74 Å². The van der Waals surface area contributed by atoms with Gasteiger partial charge in [-0.1, -0.05) is 18.6 Å². The highest BCUT2D eigenvalue weighted by molar-refractivity contribution is 5.38. The Bertz CT molecular complexity index is 450. The van der Waals surface area contributed by atoms with Gasteiger partial charge in [0.1, 0.15) is 5.75 Å². The van der Waals surface area contributed by atoms with Crippen LogP contribution in [0, 0.1) is 12.8 Å². The predicted octanol–water partition coefficient (Wildman–Crippen LogP) is 1.97. The normalized spacial score (nSPS) is 20.7. The van der Waals surface area contributed by atoms with Crippen molar-refractivity contribution < 1.29 is 9.84 Å². The summed E-state index contributed by atoms with van der Waals surface area (Å²) in [6, 6.07) is 5.92. The Labute approximate surface area is 128 Å². The van der Waals surface area contributed by atoms with Crippen LogP contribution in [0.3, 0.4) is 0 Å². The van der Waals surface area contributed by atoms with Crippen molar-refractivity contribution in [3.05, 3.63) is 29.3 Å². The smallest absolute Gasteiger partial charge is 0.124 e. The number of rotatable bonds is 7. The van der Waals surface area contributed by atoms with E-state index in [9.17, 15) is 5.11 Å². The van der Waals surface area contributed by atoms with E-state index in [0.29, 0.717) is 12.5 Å².